The van der Waals surface area contributed by atoms with E-state index >= 15 is 0 Å². The molecule has 0 radical (unpaired) electrons. The van der Waals surface area contributed by atoms with E-state index in [1.165, 1.54) is 0 Å². The fraction of sp³-hybridized carbons (Fsp3) is 0.600. The molecule has 6 heteroatoms. The number of terminal acetylenes is 1. The molecule has 1 aliphatic rings. The van der Waals surface area contributed by atoms with Crippen LogP contribution in [0, 0.1) is 12.3 Å². The van der Waals surface area contributed by atoms with E-state index in [0.29, 0.717) is 31.0 Å². The van der Waals surface area contributed by atoms with Crippen molar-refractivity contribution in [3.05, 3.63) is 17.5 Å². The molecule has 2 heterocycles. The second kappa shape index (κ2) is 6.08. The summed E-state index contributed by atoms with van der Waals surface area (Å²) in [5, 5.41) is 15.3. The first kappa shape index (κ1) is 15.2. The summed E-state index contributed by atoms with van der Waals surface area (Å²) in [6, 6.07) is 1.83. The fourth-order valence-corrected chi connectivity index (χ4v) is 2.12. The molecule has 2 rings (SSSR count). The highest BCUT2D eigenvalue weighted by atomic mass is 16.2. The smallest absolute Gasteiger partial charge is 0.269 e. The van der Waals surface area contributed by atoms with Crippen LogP contribution in [0.4, 0.5) is 0 Å². The zero-order chi connectivity index (χ0) is 15.5. The summed E-state index contributed by atoms with van der Waals surface area (Å²) in [5.74, 6) is 2.77. The summed E-state index contributed by atoms with van der Waals surface area (Å²) in [5.41, 5.74) is 1.14. The molecule has 0 unspecified atom stereocenters. The van der Waals surface area contributed by atoms with Crippen LogP contribution in [0.15, 0.2) is 16.3 Å². The first-order chi connectivity index (χ1) is 9.97. The fourth-order valence-electron chi connectivity index (χ4n) is 2.12. The standard InChI is InChI=1S/C15H21N5O/c1-5-6-7-15(18-19-15)8-9-16-14(21)13-10-12(11(2)3)17-20(13)4/h1,10-11H,6-9H2,2-4H3,(H,16,21). The van der Waals surface area contributed by atoms with E-state index in [2.05, 4.69) is 40.4 Å². The number of nitrogens with zero attached hydrogens (tertiary/aromatic N) is 4. The second-order valence-corrected chi connectivity index (χ2v) is 5.63. The number of aromatic nitrogens is 2. The van der Waals surface area contributed by atoms with E-state index in [-0.39, 0.29) is 11.6 Å². The van der Waals surface area contributed by atoms with E-state index in [4.69, 9.17) is 6.42 Å². The molecule has 0 fully saturated rings. The molecule has 0 saturated carbocycles. The minimum absolute atomic E-state index is 0.121. The highest BCUT2D eigenvalue weighted by molar-refractivity contribution is 5.92. The number of carbonyl (C=O) groups is 1. The molecule has 1 aromatic heterocycles. The summed E-state index contributed by atoms with van der Waals surface area (Å²) in [6.45, 7) is 4.63. The summed E-state index contributed by atoms with van der Waals surface area (Å²) < 4.78 is 1.62. The molecule has 112 valence electrons. The minimum Gasteiger partial charge on any atom is -0.351 e. The maximum Gasteiger partial charge on any atom is 0.269 e. The Bertz CT molecular complexity index is 588. The van der Waals surface area contributed by atoms with Crippen LogP contribution >= 0.6 is 0 Å². The molecule has 0 aromatic carbocycles. The number of nitrogens with one attached hydrogen (secondary N) is 1. The zero-order valence-electron chi connectivity index (χ0n) is 12.8. The number of hydrogen-bond acceptors (Lipinski definition) is 4. The van der Waals surface area contributed by atoms with Crippen LogP contribution in [-0.4, -0.2) is 27.9 Å². The summed E-state index contributed by atoms with van der Waals surface area (Å²) in [7, 11) is 1.78. The normalized spacial score (nSPS) is 15.0. The Morgan fingerprint density at radius 2 is 2.19 bits per heavy atom. The van der Waals surface area contributed by atoms with Crippen molar-refractivity contribution < 1.29 is 4.79 Å². The third kappa shape index (κ3) is 3.69. The van der Waals surface area contributed by atoms with Gasteiger partial charge in [0, 0.05) is 32.9 Å². The number of amides is 1. The second-order valence-electron chi connectivity index (χ2n) is 5.63. The van der Waals surface area contributed by atoms with Crippen LogP contribution in [0.1, 0.15) is 55.2 Å². The molecule has 1 aromatic rings. The van der Waals surface area contributed by atoms with Gasteiger partial charge in [-0.05, 0) is 12.0 Å². The summed E-state index contributed by atoms with van der Waals surface area (Å²) in [6.07, 6.45) is 7.34. The summed E-state index contributed by atoms with van der Waals surface area (Å²) in [4.78, 5) is 12.2. The molecular weight excluding hydrogens is 266 g/mol. The molecule has 0 spiro atoms. The van der Waals surface area contributed by atoms with Crippen molar-refractivity contribution in [2.75, 3.05) is 6.54 Å². The largest absolute Gasteiger partial charge is 0.351 e. The van der Waals surface area contributed by atoms with Crippen molar-refractivity contribution in [3.8, 4) is 12.3 Å². The van der Waals surface area contributed by atoms with Crippen LogP contribution in [-0.2, 0) is 7.05 Å². The Morgan fingerprint density at radius 3 is 2.71 bits per heavy atom. The number of carbonyl (C=O) groups excluding carboxylic acids is 1. The van der Waals surface area contributed by atoms with Gasteiger partial charge in [-0.25, -0.2) is 0 Å². The Kier molecular flexibility index (Phi) is 4.41. The van der Waals surface area contributed by atoms with Gasteiger partial charge in [0.1, 0.15) is 5.69 Å². The Balaban J connectivity index is 1.84. The maximum atomic E-state index is 12.2. The number of hydrogen-bond donors (Lipinski definition) is 1. The monoisotopic (exact) mass is 287 g/mol. The van der Waals surface area contributed by atoms with Crippen molar-refractivity contribution in [3.63, 3.8) is 0 Å². The Morgan fingerprint density at radius 1 is 1.48 bits per heavy atom. The zero-order valence-corrected chi connectivity index (χ0v) is 12.8. The molecule has 1 amide bonds. The lowest BCUT2D eigenvalue weighted by atomic mass is 10.0. The molecule has 0 bridgehead atoms. The number of aryl methyl sites for hydroxylation is 1. The molecule has 1 N–H and O–H groups in total. The van der Waals surface area contributed by atoms with Crippen molar-refractivity contribution in [1.82, 2.24) is 15.1 Å². The van der Waals surface area contributed by atoms with Crippen LogP contribution in [0.25, 0.3) is 0 Å². The molecular formula is C15H21N5O. The third-order valence-corrected chi connectivity index (χ3v) is 3.59. The van der Waals surface area contributed by atoms with Crippen LogP contribution in [0.5, 0.6) is 0 Å². The average Bonchev–Trinajstić information content (AvgIpc) is 3.09. The van der Waals surface area contributed by atoms with Crippen molar-refractivity contribution in [2.24, 2.45) is 17.3 Å². The lowest BCUT2D eigenvalue weighted by Crippen LogP contribution is -2.29. The number of rotatable bonds is 7. The van der Waals surface area contributed by atoms with Crippen LogP contribution in [0.3, 0.4) is 0 Å². The lowest BCUT2D eigenvalue weighted by Gasteiger charge is -2.09. The van der Waals surface area contributed by atoms with Gasteiger partial charge in [0.25, 0.3) is 5.91 Å². The quantitative estimate of drug-likeness (QED) is 0.781. The summed E-state index contributed by atoms with van der Waals surface area (Å²) >= 11 is 0. The molecule has 0 atom stereocenters. The van der Waals surface area contributed by atoms with Gasteiger partial charge < -0.3 is 5.32 Å². The predicted octanol–water partition coefficient (Wildman–Crippen LogP) is 2.24. The van der Waals surface area contributed by atoms with Crippen LogP contribution in [0.2, 0.25) is 0 Å². The molecule has 1 aliphatic heterocycles. The van der Waals surface area contributed by atoms with Gasteiger partial charge in [0.15, 0.2) is 5.66 Å². The van der Waals surface area contributed by atoms with Gasteiger partial charge in [0.2, 0.25) is 0 Å². The molecule has 21 heavy (non-hydrogen) atoms. The van der Waals surface area contributed by atoms with Gasteiger partial charge in [-0.15, -0.1) is 12.3 Å². The van der Waals surface area contributed by atoms with Crippen molar-refractivity contribution in [1.29, 1.82) is 0 Å². The lowest BCUT2D eigenvalue weighted by molar-refractivity contribution is 0.0942. The van der Waals surface area contributed by atoms with Crippen molar-refractivity contribution >= 4 is 5.91 Å². The van der Waals surface area contributed by atoms with E-state index in [0.717, 1.165) is 12.1 Å². The van der Waals surface area contributed by atoms with Gasteiger partial charge >= 0.3 is 0 Å². The van der Waals surface area contributed by atoms with Gasteiger partial charge in [-0.3, -0.25) is 9.48 Å². The Labute approximate surface area is 125 Å². The first-order valence-corrected chi connectivity index (χ1v) is 7.17. The van der Waals surface area contributed by atoms with Gasteiger partial charge in [-0.2, -0.15) is 15.3 Å². The first-order valence-electron chi connectivity index (χ1n) is 7.17. The van der Waals surface area contributed by atoms with Gasteiger partial charge in [0.05, 0.1) is 5.69 Å². The SMILES string of the molecule is C#CCCC1(CCNC(=O)c2cc(C(C)C)nn2C)N=N1. The average molecular weight is 287 g/mol. The van der Waals surface area contributed by atoms with E-state index < -0.39 is 0 Å². The predicted molar refractivity (Wildman–Crippen MR) is 79.9 cm³/mol. The van der Waals surface area contributed by atoms with Crippen LogP contribution < -0.4 is 5.32 Å². The maximum absolute atomic E-state index is 12.2. The van der Waals surface area contributed by atoms with E-state index in [9.17, 15) is 4.79 Å². The minimum atomic E-state index is -0.352. The molecule has 0 aliphatic carbocycles. The van der Waals surface area contributed by atoms with E-state index in [1.54, 1.807) is 11.7 Å². The highest BCUT2D eigenvalue weighted by Gasteiger charge is 2.38. The molecule has 0 saturated heterocycles. The molecule has 6 nitrogen and oxygen atoms in total. The van der Waals surface area contributed by atoms with Crippen molar-refractivity contribution in [2.45, 2.75) is 44.7 Å². The third-order valence-electron chi connectivity index (χ3n) is 3.59. The Hall–Kier alpha value is -2.16. The van der Waals surface area contributed by atoms with E-state index in [1.807, 2.05) is 6.07 Å². The highest BCUT2D eigenvalue weighted by Crippen LogP contribution is 2.36. The topological polar surface area (TPSA) is 71.6 Å². The van der Waals surface area contributed by atoms with Gasteiger partial charge in [-0.1, -0.05) is 13.8 Å².